The fourth-order valence-corrected chi connectivity index (χ4v) is 2.45. The van der Waals surface area contributed by atoms with E-state index in [1.54, 1.807) is 0 Å². The number of likely N-dealkylation sites (N-methyl/N-ethyl adjacent to an activating group) is 1. The predicted octanol–water partition coefficient (Wildman–Crippen LogP) is 0.00220. The second-order valence-corrected chi connectivity index (χ2v) is 4.77. The van der Waals surface area contributed by atoms with E-state index in [2.05, 4.69) is 17.6 Å². The van der Waals surface area contributed by atoms with Gasteiger partial charge in [-0.15, -0.1) is 0 Å². The summed E-state index contributed by atoms with van der Waals surface area (Å²) >= 11 is 0. The molecule has 2 amide bonds. The lowest BCUT2D eigenvalue weighted by molar-refractivity contribution is -0.130. The maximum atomic E-state index is 12.0. The molecule has 1 aliphatic carbocycles. The summed E-state index contributed by atoms with van der Waals surface area (Å²) < 4.78 is 0. The van der Waals surface area contributed by atoms with Crippen LogP contribution in [0.15, 0.2) is 0 Å². The normalized spacial score (nSPS) is 28.5. The van der Waals surface area contributed by atoms with Crippen LogP contribution in [0.4, 0.5) is 0 Å². The topological polar surface area (TPSA) is 84.2 Å². The third-order valence-electron chi connectivity index (χ3n) is 3.37. The van der Waals surface area contributed by atoms with E-state index in [9.17, 15) is 9.59 Å². The molecule has 0 aromatic carbocycles. The summed E-state index contributed by atoms with van der Waals surface area (Å²) in [4.78, 5) is 23.2. The predicted molar refractivity (Wildman–Crippen MR) is 66.2 cm³/mol. The van der Waals surface area contributed by atoms with E-state index in [-0.39, 0.29) is 30.3 Å². The van der Waals surface area contributed by atoms with E-state index in [4.69, 9.17) is 5.73 Å². The van der Waals surface area contributed by atoms with E-state index in [0.29, 0.717) is 12.5 Å². The molecule has 3 unspecified atom stereocenters. The SMILES string of the molecule is CCNC(=O)CNC(=O)C1C(C)CCCC1N. The Morgan fingerprint density at radius 2 is 2.00 bits per heavy atom. The Balaban J connectivity index is 2.42. The van der Waals surface area contributed by atoms with Gasteiger partial charge in [-0.25, -0.2) is 0 Å². The summed E-state index contributed by atoms with van der Waals surface area (Å²) in [5, 5.41) is 5.31. The largest absolute Gasteiger partial charge is 0.355 e. The number of hydrogen-bond acceptors (Lipinski definition) is 3. The van der Waals surface area contributed by atoms with Gasteiger partial charge in [-0.05, 0) is 25.7 Å². The van der Waals surface area contributed by atoms with Crippen LogP contribution in [0.25, 0.3) is 0 Å². The van der Waals surface area contributed by atoms with Gasteiger partial charge in [0.15, 0.2) is 0 Å². The Labute approximate surface area is 103 Å². The lowest BCUT2D eigenvalue weighted by Gasteiger charge is -2.33. The van der Waals surface area contributed by atoms with Gasteiger partial charge in [0, 0.05) is 12.6 Å². The highest BCUT2D eigenvalue weighted by Gasteiger charge is 2.33. The molecule has 0 spiro atoms. The zero-order valence-corrected chi connectivity index (χ0v) is 10.7. The van der Waals surface area contributed by atoms with Gasteiger partial charge in [-0.3, -0.25) is 9.59 Å². The first kappa shape index (κ1) is 14.0. The first-order valence-corrected chi connectivity index (χ1v) is 6.36. The third kappa shape index (κ3) is 4.00. The van der Waals surface area contributed by atoms with Gasteiger partial charge >= 0.3 is 0 Å². The van der Waals surface area contributed by atoms with Crippen LogP contribution in [0, 0.1) is 11.8 Å². The number of nitrogens with two attached hydrogens (primary N) is 1. The van der Waals surface area contributed by atoms with E-state index >= 15 is 0 Å². The number of carbonyl (C=O) groups excluding carboxylic acids is 2. The lowest BCUT2D eigenvalue weighted by Crippen LogP contribution is -2.49. The van der Waals surface area contributed by atoms with Gasteiger partial charge in [0.05, 0.1) is 12.5 Å². The maximum Gasteiger partial charge on any atom is 0.239 e. The molecule has 17 heavy (non-hydrogen) atoms. The second-order valence-electron chi connectivity index (χ2n) is 4.77. The van der Waals surface area contributed by atoms with Gasteiger partial charge in [-0.2, -0.15) is 0 Å². The van der Waals surface area contributed by atoms with E-state index in [0.717, 1.165) is 19.3 Å². The van der Waals surface area contributed by atoms with E-state index in [1.807, 2.05) is 6.92 Å². The Morgan fingerprint density at radius 3 is 2.59 bits per heavy atom. The minimum Gasteiger partial charge on any atom is -0.355 e. The van der Waals surface area contributed by atoms with E-state index in [1.165, 1.54) is 0 Å². The number of hydrogen-bond donors (Lipinski definition) is 3. The van der Waals surface area contributed by atoms with Gasteiger partial charge in [0.1, 0.15) is 0 Å². The summed E-state index contributed by atoms with van der Waals surface area (Å²) in [7, 11) is 0. The minimum absolute atomic E-state index is 0.0443. The molecule has 0 aromatic heterocycles. The minimum atomic E-state index is -0.155. The van der Waals surface area contributed by atoms with Crippen LogP contribution in [-0.4, -0.2) is 30.9 Å². The first-order chi connectivity index (χ1) is 8.06. The van der Waals surface area contributed by atoms with Gasteiger partial charge < -0.3 is 16.4 Å². The molecule has 5 heteroatoms. The van der Waals surface area contributed by atoms with Crippen LogP contribution in [0.5, 0.6) is 0 Å². The first-order valence-electron chi connectivity index (χ1n) is 6.36. The summed E-state index contributed by atoms with van der Waals surface area (Å²) in [5.74, 6) is -0.0972. The average molecular weight is 241 g/mol. The Hall–Kier alpha value is -1.10. The zero-order chi connectivity index (χ0) is 12.8. The van der Waals surface area contributed by atoms with Crippen molar-refractivity contribution >= 4 is 11.8 Å². The van der Waals surface area contributed by atoms with Gasteiger partial charge in [-0.1, -0.05) is 13.3 Å². The Kier molecular flexibility index (Phi) is 5.41. The molecule has 0 bridgehead atoms. The Morgan fingerprint density at radius 1 is 1.29 bits per heavy atom. The fourth-order valence-electron chi connectivity index (χ4n) is 2.45. The van der Waals surface area contributed by atoms with Crippen LogP contribution in [0.1, 0.15) is 33.1 Å². The monoisotopic (exact) mass is 241 g/mol. The Bertz CT molecular complexity index is 271. The summed E-state index contributed by atoms with van der Waals surface area (Å²) in [6.07, 6.45) is 3.01. The van der Waals surface area contributed by atoms with Crippen LogP contribution >= 0.6 is 0 Å². The van der Waals surface area contributed by atoms with Crippen molar-refractivity contribution in [1.82, 2.24) is 10.6 Å². The van der Waals surface area contributed by atoms with Crippen molar-refractivity contribution in [2.75, 3.05) is 13.1 Å². The quantitative estimate of drug-likeness (QED) is 0.648. The van der Waals surface area contributed by atoms with Gasteiger partial charge in [0.25, 0.3) is 0 Å². The molecule has 1 saturated carbocycles. The van der Waals surface area contributed by atoms with Crippen LogP contribution in [0.2, 0.25) is 0 Å². The highest BCUT2D eigenvalue weighted by atomic mass is 16.2. The molecule has 0 saturated heterocycles. The number of amides is 2. The standard InChI is InChI=1S/C12H23N3O2/c1-3-14-10(16)7-15-12(17)11-8(2)5-4-6-9(11)13/h8-9,11H,3-7,13H2,1-2H3,(H,14,16)(H,15,17). The molecular weight excluding hydrogens is 218 g/mol. The zero-order valence-electron chi connectivity index (χ0n) is 10.7. The van der Waals surface area contributed by atoms with Crippen molar-refractivity contribution in [2.24, 2.45) is 17.6 Å². The lowest BCUT2D eigenvalue weighted by atomic mass is 9.76. The smallest absolute Gasteiger partial charge is 0.239 e. The molecule has 0 aliphatic heterocycles. The van der Waals surface area contributed by atoms with Crippen LogP contribution in [-0.2, 0) is 9.59 Å². The van der Waals surface area contributed by atoms with Crippen LogP contribution in [0.3, 0.4) is 0 Å². The molecule has 5 nitrogen and oxygen atoms in total. The summed E-state index contributed by atoms with van der Waals surface area (Å²) in [6.45, 7) is 4.52. The molecule has 98 valence electrons. The van der Waals surface area contributed by atoms with Crippen molar-refractivity contribution in [3.05, 3.63) is 0 Å². The van der Waals surface area contributed by atoms with E-state index < -0.39 is 0 Å². The summed E-state index contributed by atoms with van der Waals surface area (Å²) in [5.41, 5.74) is 5.97. The maximum absolute atomic E-state index is 12.0. The molecule has 1 rings (SSSR count). The molecule has 0 radical (unpaired) electrons. The third-order valence-corrected chi connectivity index (χ3v) is 3.37. The van der Waals surface area contributed by atoms with Crippen LogP contribution < -0.4 is 16.4 Å². The molecule has 1 fully saturated rings. The fraction of sp³-hybridized carbons (Fsp3) is 0.833. The van der Waals surface area contributed by atoms with Crippen molar-refractivity contribution in [2.45, 2.75) is 39.2 Å². The number of nitrogens with one attached hydrogen (secondary N) is 2. The second kappa shape index (κ2) is 6.59. The van der Waals surface area contributed by atoms with Crippen molar-refractivity contribution in [3.8, 4) is 0 Å². The number of carbonyl (C=O) groups is 2. The van der Waals surface area contributed by atoms with Crippen molar-refractivity contribution in [3.63, 3.8) is 0 Å². The molecule has 0 heterocycles. The van der Waals surface area contributed by atoms with Crippen molar-refractivity contribution in [1.29, 1.82) is 0 Å². The molecule has 3 atom stereocenters. The number of rotatable bonds is 4. The highest BCUT2D eigenvalue weighted by molar-refractivity contribution is 5.86. The molecule has 1 aliphatic rings. The molecule has 0 aromatic rings. The highest BCUT2D eigenvalue weighted by Crippen LogP contribution is 2.28. The summed E-state index contributed by atoms with van der Waals surface area (Å²) in [6, 6.07) is -0.0759. The molecular formula is C12H23N3O2. The average Bonchev–Trinajstić information content (AvgIpc) is 2.26. The van der Waals surface area contributed by atoms with Gasteiger partial charge in [0.2, 0.25) is 11.8 Å². The van der Waals surface area contributed by atoms with Crippen molar-refractivity contribution < 1.29 is 9.59 Å². The molecule has 4 N–H and O–H groups in total.